The Morgan fingerprint density at radius 2 is 2.04 bits per heavy atom. The molecule has 23 heavy (non-hydrogen) atoms. The summed E-state index contributed by atoms with van der Waals surface area (Å²) in [5.74, 6) is 0. The van der Waals surface area contributed by atoms with Gasteiger partial charge in [-0.15, -0.1) is 0 Å². The lowest BCUT2D eigenvalue weighted by atomic mass is 10.1. The van der Waals surface area contributed by atoms with Gasteiger partial charge in [0, 0.05) is 41.4 Å². The predicted octanol–water partition coefficient (Wildman–Crippen LogP) is 3.44. The molecule has 0 spiro atoms. The number of pyridine rings is 2. The molecule has 116 valence electrons. The van der Waals surface area contributed by atoms with Crippen molar-refractivity contribution >= 4 is 27.0 Å². The maximum atomic E-state index is 10.5. The lowest BCUT2D eigenvalue weighted by molar-refractivity contribution is 0.0144. The molecule has 2 aromatic heterocycles. The van der Waals surface area contributed by atoms with E-state index in [1.165, 1.54) is 5.56 Å². The van der Waals surface area contributed by atoms with Crippen LogP contribution in [-0.2, 0) is 13.0 Å². The molecule has 0 fully saturated rings. The quantitative estimate of drug-likeness (QED) is 0.768. The van der Waals surface area contributed by atoms with Gasteiger partial charge in [0.15, 0.2) is 0 Å². The number of aliphatic hydroxyl groups is 1. The van der Waals surface area contributed by atoms with E-state index in [0.717, 1.165) is 46.3 Å². The minimum Gasteiger partial charge on any atom is -0.374 e. The third-order valence-corrected chi connectivity index (χ3v) is 5.05. The molecule has 3 heterocycles. The lowest BCUT2D eigenvalue weighted by Crippen LogP contribution is -2.24. The second kappa shape index (κ2) is 6.00. The van der Waals surface area contributed by atoms with Crippen molar-refractivity contribution in [3.8, 4) is 0 Å². The summed E-state index contributed by atoms with van der Waals surface area (Å²) in [6.45, 7) is 1.52. The molecule has 3 aromatic rings. The zero-order valence-electron chi connectivity index (χ0n) is 12.5. The number of hydrogen-bond acceptors (Lipinski definition) is 4. The number of fused-ring (bicyclic) bond motifs is 2. The second-order valence-electron chi connectivity index (χ2n) is 5.75. The number of aromatic nitrogens is 2. The molecular formula is C18H16BrN3O. The van der Waals surface area contributed by atoms with Crippen molar-refractivity contribution in [3.05, 3.63) is 70.0 Å². The molecule has 0 saturated carbocycles. The molecule has 4 rings (SSSR count). The average Bonchev–Trinajstić information content (AvgIpc) is 2.91. The van der Waals surface area contributed by atoms with E-state index < -0.39 is 6.23 Å². The minimum absolute atomic E-state index is 0.537. The fourth-order valence-electron chi connectivity index (χ4n) is 3.07. The van der Waals surface area contributed by atoms with Crippen LogP contribution in [0.5, 0.6) is 0 Å². The van der Waals surface area contributed by atoms with E-state index in [-0.39, 0.29) is 0 Å². The van der Waals surface area contributed by atoms with Crippen LogP contribution in [0.1, 0.15) is 23.0 Å². The van der Waals surface area contributed by atoms with Crippen molar-refractivity contribution in [2.45, 2.75) is 19.2 Å². The van der Waals surface area contributed by atoms with Gasteiger partial charge in [-0.05, 0) is 35.9 Å². The molecule has 1 atom stereocenters. The first kappa shape index (κ1) is 14.8. The van der Waals surface area contributed by atoms with E-state index in [0.29, 0.717) is 0 Å². The summed E-state index contributed by atoms with van der Waals surface area (Å²) in [5, 5.41) is 10.5. The van der Waals surface area contributed by atoms with Gasteiger partial charge in [0.05, 0.1) is 11.0 Å². The fraction of sp³-hybridized carbons (Fsp3) is 0.222. The monoisotopic (exact) mass is 369 g/mol. The zero-order valence-corrected chi connectivity index (χ0v) is 14.1. The van der Waals surface area contributed by atoms with E-state index in [9.17, 15) is 5.11 Å². The van der Waals surface area contributed by atoms with Crippen molar-refractivity contribution in [1.82, 2.24) is 14.9 Å². The highest BCUT2D eigenvalue weighted by Gasteiger charge is 2.29. The van der Waals surface area contributed by atoms with Gasteiger partial charge in [-0.1, -0.05) is 28.1 Å². The van der Waals surface area contributed by atoms with Crippen LogP contribution in [-0.4, -0.2) is 26.5 Å². The van der Waals surface area contributed by atoms with Crippen molar-refractivity contribution in [2.75, 3.05) is 6.54 Å². The van der Waals surface area contributed by atoms with E-state index >= 15 is 0 Å². The summed E-state index contributed by atoms with van der Waals surface area (Å²) < 4.78 is 1.06. The van der Waals surface area contributed by atoms with Crippen LogP contribution in [0.3, 0.4) is 0 Å². The summed E-state index contributed by atoms with van der Waals surface area (Å²) >= 11 is 3.57. The highest BCUT2D eigenvalue weighted by atomic mass is 79.9. The molecule has 0 aliphatic carbocycles. The Bertz CT molecular complexity index is 868. The number of halogens is 1. The first-order chi connectivity index (χ1) is 11.2. The average molecular weight is 370 g/mol. The molecule has 1 unspecified atom stereocenters. The summed E-state index contributed by atoms with van der Waals surface area (Å²) in [7, 11) is 0. The van der Waals surface area contributed by atoms with E-state index in [1.54, 1.807) is 6.20 Å². The molecule has 0 radical (unpaired) electrons. The Balaban J connectivity index is 1.50. The largest absolute Gasteiger partial charge is 0.374 e. The number of nitrogens with zero attached hydrogens (tertiary/aromatic N) is 3. The maximum absolute atomic E-state index is 10.5. The van der Waals surface area contributed by atoms with Gasteiger partial charge < -0.3 is 5.11 Å². The van der Waals surface area contributed by atoms with Gasteiger partial charge in [0.25, 0.3) is 0 Å². The van der Waals surface area contributed by atoms with Crippen molar-refractivity contribution < 1.29 is 5.11 Å². The topological polar surface area (TPSA) is 49.2 Å². The van der Waals surface area contributed by atoms with Gasteiger partial charge in [0.1, 0.15) is 6.23 Å². The standard InChI is InChI=1S/C18H16BrN3O/c19-15-4-1-3-13-14(15)11-22(18(13)23)10-8-12-6-7-16-17(21-12)5-2-9-20-16/h1-7,9,18,23H,8,10-11H2. The number of benzene rings is 1. The molecule has 1 aliphatic rings. The Morgan fingerprint density at radius 3 is 2.91 bits per heavy atom. The van der Waals surface area contributed by atoms with Crippen LogP contribution in [0.25, 0.3) is 11.0 Å². The van der Waals surface area contributed by atoms with Crippen LogP contribution in [0.15, 0.2) is 53.1 Å². The third kappa shape index (κ3) is 2.76. The Kier molecular flexibility index (Phi) is 3.85. The SMILES string of the molecule is OC1c2cccc(Br)c2CN1CCc1ccc2ncccc2n1. The van der Waals surface area contributed by atoms with Gasteiger partial charge in [-0.3, -0.25) is 14.9 Å². The van der Waals surface area contributed by atoms with Gasteiger partial charge in [0.2, 0.25) is 0 Å². The van der Waals surface area contributed by atoms with Gasteiger partial charge in [-0.25, -0.2) is 0 Å². The van der Waals surface area contributed by atoms with Crippen molar-refractivity contribution in [1.29, 1.82) is 0 Å². The smallest absolute Gasteiger partial charge is 0.134 e. The first-order valence-electron chi connectivity index (χ1n) is 7.62. The Hall–Kier alpha value is -1.82. The van der Waals surface area contributed by atoms with E-state index in [4.69, 9.17) is 0 Å². The zero-order chi connectivity index (χ0) is 15.8. The van der Waals surface area contributed by atoms with E-state index in [2.05, 4.69) is 30.8 Å². The molecule has 1 aliphatic heterocycles. The van der Waals surface area contributed by atoms with Crippen LogP contribution >= 0.6 is 15.9 Å². The normalized spacial score (nSPS) is 17.6. The van der Waals surface area contributed by atoms with Crippen LogP contribution < -0.4 is 0 Å². The van der Waals surface area contributed by atoms with Gasteiger partial charge in [-0.2, -0.15) is 0 Å². The predicted molar refractivity (Wildman–Crippen MR) is 92.8 cm³/mol. The molecule has 1 N–H and O–H groups in total. The summed E-state index contributed by atoms with van der Waals surface area (Å²) in [4.78, 5) is 11.0. The molecule has 1 aromatic carbocycles. The van der Waals surface area contributed by atoms with Crippen LogP contribution in [0, 0.1) is 0 Å². The van der Waals surface area contributed by atoms with Crippen LogP contribution in [0.2, 0.25) is 0 Å². The third-order valence-electron chi connectivity index (χ3n) is 4.31. The van der Waals surface area contributed by atoms with E-state index in [1.807, 2.05) is 42.5 Å². The highest BCUT2D eigenvalue weighted by Crippen LogP contribution is 2.35. The lowest BCUT2D eigenvalue weighted by Gasteiger charge is -2.20. The van der Waals surface area contributed by atoms with Crippen LogP contribution in [0.4, 0.5) is 0 Å². The summed E-state index contributed by atoms with van der Waals surface area (Å²) in [6, 6.07) is 13.9. The fourth-order valence-corrected chi connectivity index (χ4v) is 3.58. The molecule has 0 saturated heterocycles. The number of aliphatic hydroxyl groups excluding tert-OH is 1. The molecule has 5 heteroatoms. The Morgan fingerprint density at radius 1 is 1.13 bits per heavy atom. The Labute approximate surface area is 142 Å². The summed E-state index contributed by atoms with van der Waals surface area (Å²) in [6.07, 6.45) is 2.04. The summed E-state index contributed by atoms with van der Waals surface area (Å²) in [5.41, 5.74) is 5.02. The van der Waals surface area contributed by atoms with Gasteiger partial charge >= 0.3 is 0 Å². The molecular weight excluding hydrogens is 354 g/mol. The molecule has 4 nitrogen and oxygen atoms in total. The molecule has 0 amide bonds. The van der Waals surface area contributed by atoms with Crippen molar-refractivity contribution in [3.63, 3.8) is 0 Å². The first-order valence-corrected chi connectivity index (χ1v) is 8.42. The molecule has 0 bridgehead atoms. The highest BCUT2D eigenvalue weighted by molar-refractivity contribution is 9.10. The maximum Gasteiger partial charge on any atom is 0.134 e. The minimum atomic E-state index is -0.537. The number of hydrogen-bond donors (Lipinski definition) is 1. The van der Waals surface area contributed by atoms with Crippen molar-refractivity contribution in [2.24, 2.45) is 0 Å². The number of rotatable bonds is 3. The second-order valence-corrected chi connectivity index (χ2v) is 6.60.